The molecule has 0 aliphatic carbocycles. The lowest BCUT2D eigenvalue weighted by Gasteiger charge is -2.11. The number of nitrogens with one attached hydrogen (secondary N) is 1. The minimum atomic E-state index is -0.136. The summed E-state index contributed by atoms with van der Waals surface area (Å²) in [6.45, 7) is 7.37. The van der Waals surface area contributed by atoms with Crippen LogP contribution in [0.5, 0.6) is 5.75 Å². The van der Waals surface area contributed by atoms with Crippen molar-refractivity contribution >= 4 is 28.5 Å². The number of benzene rings is 1. The summed E-state index contributed by atoms with van der Waals surface area (Å²) < 4.78 is 17.9. The first-order chi connectivity index (χ1) is 15.0. The Kier molecular flexibility index (Phi) is 8.00. The van der Waals surface area contributed by atoms with Gasteiger partial charge in [-0.3, -0.25) is 9.20 Å². The van der Waals surface area contributed by atoms with Crippen molar-refractivity contribution in [3.63, 3.8) is 0 Å². The van der Waals surface area contributed by atoms with Crippen molar-refractivity contribution in [1.29, 1.82) is 0 Å². The molecule has 0 aliphatic rings. The third-order valence-corrected chi connectivity index (χ3v) is 4.73. The minimum Gasteiger partial charge on any atom is -0.491 e. The second-order valence-corrected chi connectivity index (χ2v) is 7.63. The molecule has 3 aromatic rings. The lowest BCUT2D eigenvalue weighted by molar-refractivity contribution is -0.147. The number of ether oxygens (including phenoxy) is 3. The van der Waals surface area contributed by atoms with Gasteiger partial charge in [-0.25, -0.2) is 4.98 Å². The Morgan fingerprint density at radius 1 is 1.16 bits per heavy atom. The van der Waals surface area contributed by atoms with Gasteiger partial charge in [0, 0.05) is 26.1 Å². The fourth-order valence-corrected chi connectivity index (χ4v) is 3.31. The molecule has 3 rings (SSSR count). The summed E-state index contributed by atoms with van der Waals surface area (Å²) in [5, 5.41) is 11.9. The molecule has 9 heteroatoms. The van der Waals surface area contributed by atoms with E-state index in [0.29, 0.717) is 31.1 Å². The molecule has 0 bridgehead atoms. The van der Waals surface area contributed by atoms with E-state index in [1.807, 2.05) is 43.4 Å². The van der Waals surface area contributed by atoms with E-state index in [-0.39, 0.29) is 12.1 Å². The summed E-state index contributed by atoms with van der Waals surface area (Å²) in [4.78, 5) is 16.4. The molecule has 2 aromatic heterocycles. The molecule has 0 amide bonds. The highest BCUT2D eigenvalue weighted by Gasteiger charge is 2.13. The van der Waals surface area contributed by atoms with Gasteiger partial charge in [-0.05, 0) is 45.7 Å². The Balaban J connectivity index is 1.65. The number of carbonyl (C=O) groups excluding carboxylic acids is 1. The maximum Gasteiger partial charge on any atom is 0.306 e. The number of carbonyl (C=O) groups is 1. The van der Waals surface area contributed by atoms with E-state index < -0.39 is 0 Å². The summed E-state index contributed by atoms with van der Waals surface area (Å²) in [6.07, 6.45) is 3.03. The standard InChI is InChI=1S/C22H31N5O4/c1-15(2)31-20(28)8-6-5-7-11-23-21-22-26-25-16(3)27(22)19-10-9-17(14-18(19)24-21)30-13-12-29-4/h9-10,14-15H,5-8,11-13H2,1-4H3,(H,23,24). The molecule has 0 atom stereocenters. The maximum atomic E-state index is 11.6. The molecule has 9 nitrogen and oxygen atoms in total. The molecule has 1 aromatic carbocycles. The van der Waals surface area contributed by atoms with Crippen molar-refractivity contribution < 1.29 is 19.0 Å². The predicted octanol–water partition coefficient (Wildman–Crippen LogP) is 3.54. The van der Waals surface area contributed by atoms with E-state index in [4.69, 9.17) is 19.2 Å². The number of unbranched alkanes of at least 4 members (excludes halogenated alkanes) is 2. The molecule has 0 spiro atoms. The Labute approximate surface area is 182 Å². The zero-order valence-corrected chi connectivity index (χ0v) is 18.7. The van der Waals surface area contributed by atoms with Crippen molar-refractivity contribution in [2.24, 2.45) is 0 Å². The first kappa shape index (κ1) is 22.7. The molecule has 0 fully saturated rings. The molecule has 0 unspecified atom stereocenters. The molecule has 0 saturated heterocycles. The van der Waals surface area contributed by atoms with Gasteiger partial charge in [0.15, 0.2) is 5.82 Å². The van der Waals surface area contributed by atoms with Crippen LogP contribution in [0.3, 0.4) is 0 Å². The molecule has 31 heavy (non-hydrogen) atoms. The summed E-state index contributed by atoms with van der Waals surface area (Å²) >= 11 is 0. The van der Waals surface area contributed by atoms with Crippen LogP contribution in [0, 0.1) is 6.92 Å². The van der Waals surface area contributed by atoms with Crippen LogP contribution < -0.4 is 10.1 Å². The summed E-state index contributed by atoms with van der Waals surface area (Å²) in [5.41, 5.74) is 2.41. The van der Waals surface area contributed by atoms with Crippen LogP contribution in [0.15, 0.2) is 18.2 Å². The van der Waals surface area contributed by atoms with Crippen molar-refractivity contribution in [2.45, 2.75) is 52.6 Å². The first-order valence-corrected chi connectivity index (χ1v) is 10.7. The van der Waals surface area contributed by atoms with Crippen LogP contribution in [0.1, 0.15) is 45.4 Å². The van der Waals surface area contributed by atoms with Gasteiger partial charge in [0.2, 0.25) is 5.65 Å². The Hall–Kier alpha value is -2.94. The summed E-state index contributed by atoms with van der Waals surface area (Å²) in [5.74, 6) is 2.08. The topological polar surface area (TPSA) is 99.9 Å². The first-order valence-electron chi connectivity index (χ1n) is 10.7. The number of nitrogens with zero attached hydrogens (tertiary/aromatic N) is 4. The van der Waals surface area contributed by atoms with Crippen LogP contribution >= 0.6 is 0 Å². The second-order valence-electron chi connectivity index (χ2n) is 7.63. The number of aromatic nitrogens is 4. The highest BCUT2D eigenvalue weighted by atomic mass is 16.5. The van der Waals surface area contributed by atoms with Crippen LogP contribution in [0.4, 0.5) is 5.82 Å². The van der Waals surface area contributed by atoms with Crippen molar-refractivity contribution in [3.8, 4) is 5.75 Å². The Morgan fingerprint density at radius 3 is 2.77 bits per heavy atom. The molecular formula is C22H31N5O4. The molecule has 1 N–H and O–H groups in total. The van der Waals surface area contributed by atoms with Crippen molar-refractivity contribution in [2.75, 3.05) is 32.2 Å². The van der Waals surface area contributed by atoms with E-state index in [2.05, 4.69) is 15.5 Å². The lowest BCUT2D eigenvalue weighted by atomic mass is 10.2. The SMILES string of the molecule is COCCOc1ccc2c(c1)nc(NCCCCCC(=O)OC(C)C)c1nnc(C)n12. The van der Waals surface area contributed by atoms with Gasteiger partial charge in [-0.1, -0.05) is 6.42 Å². The number of methoxy groups -OCH3 is 1. The zero-order chi connectivity index (χ0) is 22.2. The molecule has 0 radical (unpaired) electrons. The molecule has 2 heterocycles. The van der Waals surface area contributed by atoms with Gasteiger partial charge >= 0.3 is 5.97 Å². The summed E-state index contributed by atoms with van der Waals surface area (Å²) in [7, 11) is 1.64. The van der Waals surface area contributed by atoms with Gasteiger partial charge in [-0.2, -0.15) is 0 Å². The van der Waals surface area contributed by atoms with E-state index in [0.717, 1.165) is 48.4 Å². The largest absolute Gasteiger partial charge is 0.491 e. The number of esters is 1. The van der Waals surface area contributed by atoms with Crippen molar-refractivity contribution in [1.82, 2.24) is 19.6 Å². The Bertz CT molecular complexity index is 1020. The monoisotopic (exact) mass is 429 g/mol. The van der Waals surface area contributed by atoms with E-state index >= 15 is 0 Å². The van der Waals surface area contributed by atoms with Gasteiger partial charge in [0.1, 0.15) is 18.2 Å². The molecular weight excluding hydrogens is 398 g/mol. The van der Waals surface area contributed by atoms with E-state index in [1.165, 1.54) is 0 Å². The normalized spacial score (nSPS) is 11.4. The number of hydrogen-bond acceptors (Lipinski definition) is 8. The third kappa shape index (κ3) is 6.04. The van der Waals surface area contributed by atoms with Crippen molar-refractivity contribution in [3.05, 3.63) is 24.0 Å². The highest BCUT2D eigenvalue weighted by molar-refractivity contribution is 5.84. The van der Waals surface area contributed by atoms with Gasteiger partial charge in [0.25, 0.3) is 0 Å². The van der Waals surface area contributed by atoms with Crippen LogP contribution in [-0.2, 0) is 14.3 Å². The van der Waals surface area contributed by atoms with Gasteiger partial charge < -0.3 is 19.5 Å². The fraction of sp³-hybridized carbons (Fsp3) is 0.545. The number of hydrogen-bond donors (Lipinski definition) is 1. The smallest absolute Gasteiger partial charge is 0.306 e. The fourth-order valence-electron chi connectivity index (χ4n) is 3.31. The predicted molar refractivity (Wildman–Crippen MR) is 119 cm³/mol. The quantitative estimate of drug-likeness (QED) is 0.345. The number of fused-ring (bicyclic) bond motifs is 3. The van der Waals surface area contributed by atoms with Crippen LogP contribution in [-0.4, -0.2) is 58.5 Å². The summed E-state index contributed by atoms with van der Waals surface area (Å²) in [6, 6.07) is 5.79. The number of anilines is 1. The van der Waals surface area contributed by atoms with E-state index in [1.54, 1.807) is 7.11 Å². The van der Waals surface area contributed by atoms with Gasteiger partial charge in [0.05, 0.1) is 23.7 Å². The third-order valence-electron chi connectivity index (χ3n) is 4.73. The average Bonchev–Trinajstić information content (AvgIpc) is 3.12. The highest BCUT2D eigenvalue weighted by Crippen LogP contribution is 2.25. The second kappa shape index (κ2) is 10.9. The van der Waals surface area contributed by atoms with Gasteiger partial charge in [-0.15, -0.1) is 10.2 Å². The number of rotatable bonds is 12. The van der Waals surface area contributed by atoms with Crippen LogP contribution in [0.2, 0.25) is 0 Å². The molecule has 0 aliphatic heterocycles. The minimum absolute atomic E-state index is 0.0620. The number of aryl methyl sites for hydroxylation is 1. The Morgan fingerprint density at radius 2 is 2.00 bits per heavy atom. The lowest BCUT2D eigenvalue weighted by Crippen LogP contribution is -2.11. The molecule has 168 valence electrons. The average molecular weight is 430 g/mol. The zero-order valence-electron chi connectivity index (χ0n) is 18.7. The van der Waals surface area contributed by atoms with E-state index in [9.17, 15) is 4.79 Å². The maximum absolute atomic E-state index is 11.6. The van der Waals surface area contributed by atoms with Crippen LogP contribution in [0.25, 0.3) is 16.7 Å². The molecule has 0 saturated carbocycles.